The van der Waals surface area contributed by atoms with Crippen LogP contribution in [-0.2, 0) is 4.74 Å². The summed E-state index contributed by atoms with van der Waals surface area (Å²) in [6.45, 7) is 10.1. The van der Waals surface area contributed by atoms with Gasteiger partial charge in [-0.15, -0.1) is 0 Å². The van der Waals surface area contributed by atoms with Crippen LogP contribution in [0.3, 0.4) is 0 Å². The van der Waals surface area contributed by atoms with E-state index in [4.69, 9.17) is 4.74 Å². The molecule has 2 atom stereocenters. The van der Waals surface area contributed by atoms with Crippen LogP contribution in [0.25, 0.3) is 0 Å². The quantitative estimate of drug-likeness (QED) is 0.722. The van der Waals surface area contributed by atoms with Gasteiger partial charge < -0.3 is 15.0 Å². The van der Waals surface area contributed by atoms with Crippen LogP contribution in [0.1, 0.15) is 26.7 Å². The van der Waals surface area contributed by atoms with Gasteiger partial charge in [-0.2, -0.15) is 0 Å². The van der Waals surface area contributed by atoms with Crippen molar-refractivity contribution in [1.82, 2.24) is 10.2 Å². The molecule has 2 unspecified atom stereocenters. The Morgan fingerprint density at radius 2 is 2.33 bits per heavy atom. The lowest BCUT2D eigenvalue weighted by Crippen LogP contribution is -2.46. The first kappa shape index (κ1) is 12.9. The Hall–Kier alpha value is -0.120. The van der Waals surface area contributed by atoms with Crippen molar-refractivity contribution < 1.29 is 4.74 Å². The Morgan fingerprint density at radius 1 is 1.53 bits per heavy atom. The van der Waals surface area contributed by atoms with Gasteiger partial charge in [-0.3, -0.25) is 0 Å². The van der Waals surface area contributed by atoms with Gasteiger partial charge in [-0.05, 0) is 31.8 Å². The standard InChI is InChI=1S/C12H26N2O/c1-4-14-7-5-6-12(9-14)13-8-11(2)10-15-3/h11-13H,4-10H2,1-3H3. The zero-order valence-corrected chi connectivity index (χ0v) is 10.5. The highest BCUT2D eigenvalue weighted by Crippen LogP contribution is 2.09. The third-order valence-electron chi connectivity index (χ3n) is 3.16. The van der Waals surface area contributed by atoms with Crippen LogP contribution in [0.15, 0.2) is 0 Å². The molecule has 0 aromatic carbocycles. The number of ether oxygens (including phenoxy) is 1. The predicted molar refractivity (Wildman–Crippen MR) is 64.2 cm³/mol. The first-order valence-electron chi connectivity index (χ1n) is 6.21. The molecular formula is C12H26N2O. The zero-order valence-electron chi connectivity index (χ0n) is 10.5. The van der Waals surface area contributed by atoms with Crippen molar-refractivity contribution in [3.8, 4) is 0 Å². The average Bonchev–Trinajstić information content (AvgIpc) is 2.27. The normalized spacial score (nSPS) is 25.4. The molecule has 1 saturated heterocycles. The first-order valence-corrected chi connectivity index (χ1v) is 6.21. The molecule has 1 rings (SSSR count). The second-order valence-electron chi connectivity index (χ2n) is 4.70. The van der Waals surface area contributed by atoms with Crippen LogP contribution in [0.4, 0.5) is 0 Å². The minimum atomic E-state index is 0.618. The highest BCUT2D eigenvalue weighted by molar-refractivity contribution is 4.77. The summed E-state index contributed by atoms with van der Waals surface area (Å²) in [5, 5.41) is 3.65. The maximum absolute atomic E-state index is 5.14. The second kappa shape index (κ2) is 7.20. The third-order valence-corrected chi connectivity index (χ3v) is 3.16. The molecule has 1 fully saturated rings. The summed E-state index contributed by atoms with van der Waals surface area (Å²) < 4.78 is 5.14. The summed E-state index contributed by atoms with van der Waals surface area (Å²) in [5.41, 5.74) is 0. The molecule has 90 valence electrons. The molecule has 0 bridgehead atoms. The number of rotatable bonds is 6. The molecule has 0 amide bonds. The molecule has 1 aliphatic heterocycles. The van der Waals surface area contributed by atoms with E-state index in [2.05, 4.69) is 24.1 Å². The van der Waals surface area contributed by atoms with E-state index in [-0.39, 0.29) is 0 Å². The lowest BCUT2D eigenvalue weighted by molar-refractivity contribution is 0.148. The SMILES string of the molecule is CCN1CCCC(NCC(C)COC)C1. The summed E-state index contributed by atoms with van der Waals surface area (Å²) in [4.78, 5) is 2.53. The third kappa shape index (κ3) is 4.96. The minimum Gasteiger partial charge on any atom is -0.384 e. The summed E-state index contributed by atoms with van der Waals surface area (Å²) in [6, 6.07) is 0.693. The number of likely N-dealkylation sites (tertiary alicyclic amines) is 1. The topological polar surface area (TPSA) is 24.5 Å². The highest BCUT2D eigenvalue weighted by Gasteiger charge is 2.18. The van der Waals surface area contributed by atoms with Crippen molar-refractivity contribution in [1.29, 1.82) is 0 Å². The molecule has 0 aromatic heterocycles. The summed E-state index contributed by atoms with van der Waals surface area (Å²) >= 11 is 0. The minimum absolute atomic E-state index is 0.618. The highest BCUT2D eigenvalue weighted by atomic mass is 16.5. The van der Waals surface area contributed by atoms with E-state index in [1.54, 1.807) is 7.11 Å². The van der Waals surface area contributed by atoms with E-state index in [9.17, 15) is 0 Å². The van der Waals surface area contributed by atoms with Gasteiger partial charge >= 0.3 is 0 Å². The number of nitrogens with zero attached hydrogens (tertiary/aromatic N) is 1. The van der Waals surface area contributed by atoms with Gasteiger partial charge in [0.15, 0.2) is 0 Å². The van der Waals surface area contributed by atoms with E-state index in [1.165, 1.54) is 32.5 Å². The number of nitrogens with one attached hydrogen (secondary N) is 1. The molecule has 3 heteroatoms. The fraction of sp³-hybridized carbons (Fsp3) is 1.00. The second-order valence-corrected chi connectivity index (χ2v) is 4.70. The van der Waals surface area contributed by atoms with Crippen LogP contribution < -0.4 is 5.32 Å². The summed E-state index contributed by atoms with van der Waals surface area (Å²) in [6.07, 6.45) is 2.67. The molecular weight excluding hydrogens is 188 g/mol. The zero-order chi connectivity index (χ0) is 11.1. The lowest BCUT2D eigenvalue weighted by Gasteiger charge is -2.33. The predicted octanol–water partition coefficient (Wildman–Crippen LogP) is 1.34. The van der Waals surface area contributed by atoms with E-state index in [0.29, 0.717) is 12.0 Å². The van der Waals surface area contributed by atoms with Gasteiger partial charge in [0.25, 0.3) is 0 Å². The summed E-state index contributed by atoms with van der Waals surface area (Å²) in [7, 11) is 1.77. The maximum atomic E-state index is 5.14. The van der Waals surface area contributed by atoms with Crippen molar-refractivity contribution >= 4 is 0 Å². The number of hydrogen-bond acceptors (Lipinski definition) is 3. The largest absolute Gasteiger partial charge is 0.384 e. The van der Waals surface area contributed by atoms with Crippen LogP contribution in [-0.4, -0.2) is 50.8 Å². The van der Waals surface area contributed by atoms with Crippen molar-refractivity contribution in [2.24, 2.45) is 5.92 Å². The fourth-order valence-corrected chi connectivity index (χ4v) is 2.22. The number of methoxy groups -OCH3 is 1. The van der Waals surface area contributed by atoms with Crippen molar-refractivity contribution in [2.75, 3.05) is 39.9 Å². The van der Waals surface area contributed by atoms with Crippen molar-refractivity contribution in [3.63, 3.8) is 0 Å². The molecule has 3 nitrogen and oxygen atoms in total. The summed E-state index contributed by atoms with van der Waals surface area (Å²) in [5.74, 6) is 0.618. The average molecular weight is 214 g/mol. The van der Waals surface area contributed by atoms with Crippen molar-refractivity contribution in [3.05, 3.63) is 0 Å². The smallest absolute Gasteiger partial charge is 0.0499 e. The van der Waals surface area contributed by atoms with Gasteiger partial charge in [0.05, 0.1) is 0 Å². The van der Waals surface area contributed by atoms with Gasteiger partial charge in [0.2, 0.25) is 0 Å². The Bertz CT molecular complexity index is 164. The monoisotopic (exact) mass is 214 g/mol. The molecule has 0 aliphatic carbocycles. The van der Waals surface area contributed by atoms with Crippen LogP contribution in [0.5, 0.6) is 0 Å². The van der Waals surface area contributed by atoms with Gasteiger partial charge in [0.1, 0.15) is 0 Å². The van der Waals surface area contributed by atoms with E-state index in [0.717, 1.165) is 13.2 Å². The molecule has 0 saturated carbocycles. The van der Waals surface area contributed by atoms with Gasteiger partial charge in [-0.1, -0.05) is 13.8 Å². The number of piperidine rings is 1. The molecule has 0 aromatic rings. The van der Waals surface area contributed by atoms with Gasteiger partial charge in [-0.25, -0.2) is 0 Å². The van der Waals surface area contributed by atoms with Crippen molar-refractivity contribution in [2.45, 2.75) is 32.7 Å². The number of likely N-dealkylation sites (N-methyl/N-ethyl adjacent to an activating group) is 1. The Morgan fingerprint density at radius 3 is 3.00 bits per heavy atom. The van der Waals surface area contributed by atoms with Crippen LogP contribution >= 0.6 is 0 Å². The lowest BCUT2D eigenvalue weighted by atomic mass is 10.0. The molecule has 0 spiro atoms. The Kier molecular flexibility index (Phi) is 6.22. The van der Waals surface area contributed by atoms with Crippen LogP contribution in [0.2, 0.25) is 0 Å². The Balaban J connectivity index is 2.14. The molecule has 15 heavy (non-hydrogen) atoms. The van der Waals surface area contributed by atoms with E-state index >= 15 is 0 Å². The first-order chi connectivity index (χ1) is 7.26. The van der Waals surface area contributed by atoms with E-state index in [1.807, 2.05) is 0 Å². The molecule has 1 N–H and O–H groups in total. The molecule has 0 radical (unpaired) electrons. The van der Waals surface area contributed by atoms with Crippen LogP contribution in [0, 0.1) is 5.92 Å². The molecule has 1 heterocycles. The van der Waals surface area contributed by atoms with Gasteiger partial charge in [0, 0.05) is 32.8 Å². The number of hydrogen-bond donors (Lipinski definition) is 1. The Labute approximate surface area is 94.2 Å². The molecule has 1 aliphatic rings. The fourth-order valence-electron chi connectivity index (χ4n) is 2.22. The maximum Gasteiger partial charge on any atom is 0.0499 e. The van der Waals surface area contributed by atoms with E-state index < -0.39 is 0 Å².